The average molecular weight is 228 g/mol. The number of nitrogens with two attached hydrogens (primary N) is 1. The van der Waals surface area contributed by atoms with Crippen LogP contribution in [0.2, 0.25) is 0 Å². The maximum absolute atomic E-state index is 5.76. The number of hydrogen-bond acceptors (Lipinski definition) is 4. The smallest absolute Gasteiger partial charge is 0.169 e. The Hall–Kier alpha value is -0.710. The van der Waals surface area contributed by atoms with Gasteiger partial charge in [0.15, 0.2) is 5.82 Å². The van der Waals surface area contributed by atoms with Crippen molar-refractivity contribution in [2.24, 2.45) is 0 Å². The highest BCUT2D eigenvalue weighted by atomic mass is 32.2. The molecule has 0 spiro atoms. The van der Waals surface area contributed by atoms with Crippen LogP contribution < -0.4 is 5.73 Å². The number of nitrogen functional groups attached to an aromatic ring is 1. The van der Waals surface area contributed by atoms with Crippen LogP contribution in [0.3, 0.4) is 0 Å². The van der Waals surface area contributed by atoms with Gasteiger partial charge in [0.05, 0.1) is 5.69 Å². The lowest BCUT2D eigenvalue weighted by Crippen LogP contribution is -2.07. The highest BCUT2D eigenvalue weighted by Gasteiger charge is 2.08. The number of rotatable bonds is 7. The summed E-state index contributed by atoms with van der Waals surface area (Å²) < 4.78 is 1.95. The van der Waals surface area contributed by atoms with Gasteiger partial charge >= 0.3 is 0 Å². The van der Waals surface area contributed by atoms with Crippen LogP contribution in [0.25, 0.3) is 0 Å². The van der Waals surface area contributed by atoms with E-state index in [1.807, 2.05) is 16.4 Å². The molecule has 0 aliphatic rings. The lowest BCUT2D eigenvalue weighted by atomic mass is 10.2. The van der Waals surface area contributed by atoms with E-state index in [2.05, 4.69) is 24.2 Å². The molecule has 0 unspecified atom stereocenters. The maximum Gasteiger partial charge on any atom is 0.169 e. The minimum Gasteiger partial charge on any atom is -0.381 e. The first-order valence-electron chi connectivity index (χ1n) is 5.55. The Morgan fingerprint density at radius 1 is 1.40 bits per heavy atom. The first-order chi connectivity index (χ1) is 7.29. The summed E-state index contributed by atoms with van der Waals surface area (Å²) in [6.45, 7) is 5.26. The molecule has 0 amide bonds. The topological polar surface area (TPSA) is 56.7 Å². The van der Waals surface area contributed by atoms with Crippen molar-refractivity contribution in [3.8, 4) is 0 Å². The quantitative estimate of drug-likeness (QED) is 0.725. The van der Waals surface area contributed by atoms with Gasteiger partial charge in [-0.15, -0.1) is 5.10 Å². The number of nitrogens with zero attached hydrogens (tertiary/aromatic N) is 3. The SMILES string of the molecule is CCCc1c(N)nnn1CCCSCC. The number of aromatic nitrogens is 3. The summed E-state index contributed by atoms with van der Waals surface area (Å²) in [4.78, 5) is 0. The summed E-state index contributed by atoms with van der Waals surface area (Å²) in [5.74, 6) is 2.96. The molecule has 0 fully saturated rings. The standard InChI is InChI=1S/C10H20N4S/c1-3-6-9-10(11)12-13-14(9)7-5-8-15-4-2/h3-8,11H2,1-2H3. The van der Waals surface area contributed by atoms with Gasteiger partial charge in [0.2, 0.25) is 0 Å². The molecule has 1 aromatic heterocycles. The molecular formula is C10H20N4S. The van der Waals surface area contributed by atoms with Crippen molar-refractivity contribution in [1.82, 2.24) is 15.0 Å². The van der Waals surface area contributed by atoms with E-state index in [0.29, 0.717) is 5.82 Å². The summed E-state index contributed by atoms with van der Waals surface area (Å²) in [6, 6.07) is 0. The third kappa shape index (κ3) is 3.74. The van der Waals surface area contributed by atoms with Gasteiger partial charge in [-0.3, -0.25) is 0 Å². The Balaban J connectivity index is 2.45. The average Bonchev–Trinajstić information content (AvgIpc) is 2.57. The van der Waals surface area contributed by atoms with Crippen molar-refractivity contribution in [1.29, 1.82) is 0 Å². The first-order valence-corrected chi connectivity index (χ1v) is 6.70. The molecular weight excluding hydrogens is 208 g/mol. The molecule has 15 heavy (non-hydrogen) atoms. The predicted molar refractivity (Wildman–Crippen MR) is 66.0 cm³/mol. The lowest BCUT2D eigenvalue weighted by molar-refractivity contribution is 0.555. The zero-order chi connectivity index (χ0) is 11.1. The molecule has 1 aromatic rings. The molecule has 0 aliphatic heterocycles. The van der Waals surface area contributed by atoms with E-state index in [1.54, 1.807) is 0 Å². The van der Waals surface area contributed by atoms with Gasteiger partial charge < -0.3 is 5.73 Å². The van der Waals surface area contributed by atoms with Crippen molar-refractivity contribution >= 4 is 17.6 Å². The molecule has 86 valence electrons. The summed E-state index contributed by atoms with van der Waals surface area (Å²) in [5, 5.41) is 7.98. The lowest BCUT2D eigenvalue weighted by Gasteiger charge is -2.05. The van der Waals surface area contributed by atoms with Gasteiger partial charge in [-0.05, 0) is 24.3 Å². The predicted octanol–water partition coefficient (Wildman–Crippen LogP) is 1.96. The van der Waals surface area contributed by atoms with E-state index in [9.17, 15) is 0 Å². The molecule has 5 heteroatoms. The van der Waals surface area contributed by atoms with E-state index >= 15 is 0 Å². The van der Waals surface area contributed by atoms with Crippen LogP contribution in [-0.2, 0) is 13.0 Å². The summed E-state index contributed by atoms with van der Waals surface area (Å²) in [6.07, 6.45) is 3.19. The van der Waals surface area contributed by atoms with E-state index < -0.39 is 0 Å². The maximum atomic E-state index is 5.76. The second kappa shape index (κ2) is 6.71. The van der Waals surface area contributed by atoms with Crippen molar-refractivity contribution < 1.29 is 0 Å². The monoisotopic (exact) mass is 228 g/mol. The van der Waals surface area contributed by atoms with E-state index in [4.69, 9.17) is 5.73 Å². The highest BCUT2D eigenvalue weighted by molar-refractivity contribution is 7.99. The molecule has 0 saturated carbocycles. The molecule has 0 bridgehead atoms. The van der Waals surface area contributed by atoms with Crippen molar-refractivity contribution in [2.45, 2.75) is 39.7 Å². The van der Waals surface area contributed by atoms with Crippen LogP contribution in [0, 0.1) is 0 Å². The van der Waals surface area contributed by atoms with Crippen LogP contribution in [0.1, 0.15) is 32.4 Å². The van der Waals surface area contributed by atoms with Gasteiger partial charge in [-0.2, -0.15) is 11.8 Å². The molecule has 1 heterocycles. The Kier molecular flexibility index (Phi) is 5.53. The van der Waals surface area contributed by atoms with Crippen molar-refractivity contribution in [3.63, 3.8) is 0 Å². The van der Waals surface area contributed by atoms with Gasteiger partial charge in [0.1, 0.15) is 0 Å². The molecule has 1 rings (SSSR count). The fourth-order valence-electron chi connectivity index (χ4n) is 1.48. The zero-order valence-electron chi connectivity index (χ0n) is 9.57. The van der Waals surface area contributed by atoms with E-state index in [0.717, 1.165) is 31.5 Å². The summed E-state index contributed by atoms with van der Waals surface area (Å²) in [7, 11) is 0. The molecule has 2 N–H and O–H groups in total. The van der Waals surface area contributed by atoms with Gasteiger partial charge in [-0.25, -0.2) is 4.68 Å². The Bertz CT molecular complexity index is 285. The number of hydrogen-bond donors (Lipinski definition) is 1. The third-order valence-corrected chi connectivity index (χ3v) is 3.20. The van der Waals surface area contributed by atoms with Crippen LogP contribution in [0.15, 0.2) is 0 Å². The molecule has 4 nitrogen and oxygen atoms in total. The van der Waals surface area contributed by atoms with Crippen LogP contribution in [-0.4, -0.2) is 26.5 Å². The summed E-state index contributed by atoms with van der Waals surface area (Å²) in [5.41, 5.74) is 6.85. The second-order valence-corrected chi connectivity index (χ2v) is 4.84. The first kappa shape index (κ1) is 12.4. The van der Waals surface area contributed by atoms with Crippen LogP contribution in [0.4, 0.5) is 5.82 Å². The largest absolute Gasteiger partial charge is 0.381 e. The number of anilines is 1. The minimum absolute atomic E-state index is 0.597. The summed E-state index contributed by atoms with van der Waals surface area (Å²) >= 11 is 1.96. The van der Waals surface area contributed by atoms with Gasteiger partial charge in [-0.1, -0.05) is 25.5 Å². The molecule has 0 aliphatic carbocycles. The van der Waals surface area contributed by atoms with E-state index in [1.165, 1.54) is 11.5 Å². The Morgan fingerprint density at radius 2 is 2.20 bits per heavy atom. The normalized spacial score (nSPS) is 10.8. The minimum atomic E-state index is 0.597. The molecule has 0 aromatic carbocycles. The zero-order valence-corrected chi connectivity index (χ0v) is 10.4. The molecule has 0 saturated heterocycles. The third-order valence-electron chi connectivity index (χ3n) is 2.22. The van der Waals surface area contributed by atoms with Gasteiger partial charge in [0, 0.05) is 6.54 Å². The van der Waals surface area contributed by atoms with Crippen LogP contribution >= 0.6 is 11.8 Å². The Labute approximate surface area is 95.6 Å². The number of aryl methyl sites for hydroxylation is 1. The second-order valence-electron chi connectivity index (χ2n) is 3.44. The fraction of sp³-hybridized carbons (Fsp3) is 0.800. The van der Waals surface area contributed by atoms with Crippen molar-refractivity contribution in [2.75, 3.05) is 17.2 Å². The molecule has 0 atom stereocenters. The fourth-order valence-corrected chi connectivity index (χ4v) is 2.10. The number of thioether (sulfide) groups is 1. The highest BCUT2D eigenvalue weighted by Crippen LogP contribution is 2.11. The van der Waals surface area contributed by atoms with Gasteiger partial charge in [0.25, 0.3) is 0 Å². The van der Waals surface area contributed by atoms with Crippen LogP contribution in [0.5, 0.6) is 0 Å². The van der Waals surface area contributed by atoms with E-state index in [-0.39, 0.29) is 0 Å². The van der Waals surface area contributed by atoms with Crippen molar-refractivity contribution in [3.05, 3.63) is 5.69 Å². The molecule has 0 radical (unpaired) electrons. The Morgan fingerprint density at radius 3 is 2.87 bits per heavy atom.